The molecule has 0 aliphatic heterocycles. The SMILES string of the molecule is CN(C)CCOCCNc1ccc(S(N)(=O)=O)cc1N. The van der Waals surface area contributed by atoms with Crippen LogP contribution < -0.4 is 16.2 Å². The number of primary sulfonamides is 1. The van der Waals surface area contributed by atoms with Crippen molar-refractivity contribution in [3.63, 3.8) is 0 Å². The molecule has 0 saturated heterocycles. The molecule has 0 fully saturated rings. The number of hydrogen-bond donors (Lipinski definition) is 3. The number of nitrogen functional groups attached to an aromatic ring is 1. The molecule has 0 atom stereocenters. The molecule has 0 spiro atoms. The summed E-state index contributed by atoms with van der Waals surface area (Å²) >= 11 is 0. The lowest BCUT2D eigenvalue weighted by molar-refractivity contribution is 0.126. The fraction of sp³-hybridized carbons (Fsp3) is 0.500. The van der Waals surface area contributed by atoms with Crippen molar-refractivity contribution in [1.82, 2.24) is 4.90 Å². The van der Waals surface area contributed by atoms with Crippen LogP contribution in [0.25, 0.3) is 0 Å². The quantitative estimate of drug-likeness (QED) is 0.457. The van der Waals surface area contributed by atoms with E-state index in [1.54, 1.807) is 6.07 Å². The van der Waals surface area contributed by atoms with Crippen LogP contribution in [0.5, 0.6) is 0 Å². The van der Waals surface area contributed by atoms with E-state index in [0.29, 0.717) is 31.1 Å². The Bertz CT molecular complexity index is 532. The van der Waals surface area contributed by atoms with Crippen LogP contribution in [-0.4, -0.2) is 53.7 Å². The van der Waals surface area contributed by atoms with Crippen molar-refractivity contribution >= 4 is 21.4 Å². The van der Waals surface area contributed by atoms with Crippen LogP contribution >= 0.6 is 0 Å². The van der Waals surface area contributed by atoms with Crippen molar-refractivity contribution in [1.29, 1.82) is 0 Å². The molecule has 0 heterocycles. The highest BCUT2D eigenvalue weighted by molar-refractivity contribution is 7.89. The summed E-state index contributed by atoms with van der Waals surface area (Å²) in [6, 6.07) is 4.35. The van der Waals surface area contributed by atoms with Crippen molar-refractivity contribution in [3.05, 3.63) is 18.2 Å². The zero-order valence-electron chi connectivity index (χ0n) is 11.8. The molecule has 1 rings (SSSR count). The molecular formula is C12H22N4O3S. The summed E-state index contributed by atoms with van der Waals surface area (Å²) in [6.07, 6.45) is 0. The van der Waals surface area contributed by atoms with Crippen LogP contribution in [0.15, 0.2) is 23.1 Å². The van der Waals surface area contributed by atoms with Crippen molar-refractivity contribution in [3.8, 4) is 0 Å². The Morgan fingerprint density at radius 2 is 2.00 bits per heavy atom. The Morgan fingerprint density at radius 1 is 1.30 bits per heavy atom. The number of sulfonamides is 1. The van der Waals surface area contributed by atoms with Crippen molar-refractivity contribution in [2.45, 2.75) is 4.90 Å². The molecule has 0 aliphatic carbocycles. The largest absolute Gasteiger partial charge is 0.397 e. The van der Waals surface area contributed by atoms with Crippen LogP contribution in [0.3, 0.4) is 0 Å². The lowest BCUT2D eigenvalue weighted by Gasteiger charge is -2.12. The standard InChI is InChI=1S/C12H22N4O3S/c1-16(2)6-8-19-7-5-15-12-4-3-10(9-11(12)13)20(14,17)18/h3-4,9,15H,5-8,13H2,1-2H3,(H2,14,17,18). The normalized spacial score (nSPS) is 11.8. The Balaban J connectivity index is 2.42. The Labute approximate surface area is 119 Å². The zero-order valence-corrected chi connectivity index (χ0v) is 12.6. The summed E-state index contributed by atoms with van der Waals surface area (Å²) in [5.41, 5.74) is 6.77. The van der Waals surface area contributed by atoms with Gasteiger partial charge in [0.2, 0.25) is 10.0 Å². The Kier molecular flexibility index (Phi) is 6.21. The highest BCUT2D eigenvalue weighted by atomic mass is 32.2. The van der Waals surface area contributed by atoms with Gasteiger partial charge in [0.05, 0.1) is 29.5 Å². The maximum absolute atomic E-state index is 11.2. The summed E-state index contributed by atoms with van der Waals surface area (Å²) in [5.74, 6) is 0. The van der Waals surface area contributed by atoms with Crippen molar-refractivity contribution in [2.75, 3.05) is 51.4 Å². The molecule has 0 bridgehead atoms. The Hall–Kier alpha value is -1.35. The van der Waals surface area contributed by atoms with E-state index in [4.69, 9.17) is 15.6 Å². The number of benzene rings is 1. The topological polar surface area (TPSA) is 111 Å². The third-order valence-corrected chi connectivity index (χ3v) is 3.51. The van der Waals surface area contributed by atoms with Crippen LogP contribution in [0.4, 0.5) is 11.4 Å². The molecular weight excluding hydrogens is 280 g/mol. The van der Waals surface area contributed by atoms with Gasteiger partial charge in [0.25, 0.3) is 0 Å². The first-order valence-corrected chi connectivity index (χ1v) is 7.74. The summed E-state index contributed by atoms with van der Waals surface area (Å²) in [4.78, 5) is 2.04. The molecule has 0 saturated carbocycles. The number of anilines is 2. The average Bonchev–Trinajstić information content (AvgIpc) is 2.33. The van der Waals surface area contributed by atoms with Gasteiger partial charge in [-0.3, -0.25) is 0 Å². The van der Waals surface area contributed by atoms with Gasteiger partial charge in [-0.2, -0.15) is 0 Å². The van der Waals surface area contributed by atoms with Crippen LogP contribution in [0.1, 0.15) is 0 Å². The highest BCUT2D eigenvalue weighted by Crippen LogP contribution is 2.21. The average molecular weight is 302 g/mol. The first-order valence-electron chi connectivity index (χ1n) is 6.19. The maximum atomic E-state index is 11.2. The summed E-state index contributed by atoms with van der Waals surface area (Å²) in [7, 11) is 0.243. The van der Waals surface area contributed by atoms with Gasteiger partial charge in [-0.1, -0.05) is 0 Å². The number of rotatable bonds is 8. The van der Waals surface area contributed by atoms with Gasteiger partial charge in [-0.15, -0.1) is 0 Å². The zero-order chi connectivity index (χ0) is 15.2. The summed E-state index contributed by atoms with van der Waals surface area (Å²) < 4.78 is 27.7. The molecule has 0 amide bonds. The van der Waals surface area contributed by atoms with E-state index in [2.05, 4.69) is 5.32 Å². The molecule has 7 nitrogen and oxygen atoms in total. The van der Waals surface area contributed by atoms with Gasteiger partial charge in [0.1, 0.15) is 0 Å². The molecule has 5 N–H and O–H groups in total. The van der Waals surface area contributed by atoms with E-state index >= 15 is 0 Å². The molecule has 0 unspecified atom stereocenters. The summed E-state index contributed by atoms with van der Waals surface area (Å²) in [6.45, 7) is 2.66. The van der Waals surface area contributed by atoms with Crippen LogP contribution in [-0.2, 0) is 14.8 Å². The minimum absolute atomic E-state index is 0.00258. The number of hydrogen-bond acceptors (Lipinski definition) is 6. The summed E-state index contributed by atoms with van der Waals surface area (Å²) in [5, 5.41) is 8.11. The number of ether oxygens (including phenoxy) is 1. The molecule has 0 radical (unpaired) electrons. The van der Waals surface area contributed by atoms with Gasteiger partial charge >= 0.3 is 0 Å². The van der Waals surface area contributed by atoms with Gasteiger partial charge in [-0.05, 0) is 32.3 Å². The smallest absolute Gasteiger partial charge is 0.238 e. The minimum Gasteiger partial charge on any atom is -0.397 e. The third-order valence-electron chi connectivity index (χ3n) is 2.60. The fourth-order valence-corrected chi connectivity index (χ4v) is 2.03. The van der Waals surface area contributed by atoms with Crippen LogP contribution in [0.2, 0.25) is 0 Å². The molecule has 20 heavy (non-hydrogen) atoms. The second-order valence-electron chi connectivity index (χ2n) is 4.64. The lowest BCUT2D eigenvalue weighted by Crippen LogP contribution is -2.20. The minimum atomic E-state index is -3.72. The Morgan fingerprint density at radius 3 is 2.55 bits per heavy atom. The van der Waals surface area contributed by atoms with Crippen LogP contribution in [0, 0.1) is 0 Å². The van der Waals surface area contributed by atoms with E-state index in [-0.39, 0.29) is 4.90 Å². The van der Waals surface area contributed by atoms with Crippen molar-refractivity contribution in [2.24, 2.45) is 5.14 Å². The first-order chi connectivity index (χ1) is 9.30. The van der Waals surface area contributed by atoms with Gasteiger partial charge in [0, 0.05) is 13.1 Å². The van der Waals surface area contributed by atoms with E-state index in [1.807, 2.05) is 19.0 Å². The van der Waals surface area contributed by atoms with Gasteiger partial charge < -0.3 is 20.7 Å². The monoisotopic (exact) mass is 302 g/mol. The molecule has 8 heteroatoms. The predicted octanol–water partition coefficient (Wildman–Crippen LogP) is -0.0937. The lowest BCUT2D eigenvalue weighted by atomic mass is 10.2. The molecule has 114 valence electrons. The number of nitrogens with two attached hydrogens (primary N) is 2. The highest BCUT2D eigenvalue weighted by Gasteiger charge is 2.09. The third kappa shape index (κ3) is 5.74. The maximum Gasteiger partial charge on any atom is 0.238 e. The van der Waals surface area contributed by atoms with Gasteiger partial charge in [-0.25, -0.2) is 13.6 Å². The van der Waals surface area contributed by atoms with E-state index < -0.39 is 10.0 Å². The predicted molar refractivity (Wildman–Crippen MR) is 80.1 cm³/mol. The second-order valence-corrected chi connectivity index (χ2v) is 6.20. The van der Waals surface area contributed by atoms with E-state index in [0.717, 1.165) is 6.54 Å². The number of nitrogens with zero attached hydrogens (tertiary/aromatic N) is 1. The van der Waals surface area contributed by atoms with Gasteiger partial charge in [0.15, 0.2) is 0 Å². The second kappa shape index (κ2) is 7.44. The molecule has 0 aliphatic rings. The first kappa shape index (κ1) is 16.7. The van der Waals surface area contributed by atoms with Crippen molar-refractivity contribution < 1.29 is 13.2 Å². The molecule has 1 aromatic rings. The number of likely N-dealkylation sites (N-methyl/N-ethyl adjacent to an activating group) is 1. The molecule has 1 aromatic carbocycles. The van der Waals surface area contributed by atoms with E-state index in [1.165, 1.54) is 12.1 Å². The number of nitrogens with one attached hydrogen (secondary N) is 1. The molecule has 0 aromatic heterocycles. The van der Waals surface area contributed by atoms with E-state index in [9.17, 15) is 8.42 Å². The fourth-order valence-electron chi connectivity index (χ4n) is 1.49.